The van der Waals surface area contributed by atoms with Crippen LogP contribution >= 0.6 is 0 Å². The molecule has 5 nitrogen and oxygen atoms in total. The van der Waals surface area contributed by atoms with E-state index in [4.69, 9.17) is 10.2 Å². The zero-order valence-corrected chi connectivity index (χ0v) is 6.83. The fraction of sp³-hybridized carbons (Fsp3) is 0.429. The van der Waals surface area contributed by atoms with Gasteiger partial charge >= 0.3 is 0 Å². The molecule has 0 saturated heterocycles. The molecule has 0 aromatic carbocycles. The topological polar surface area (TPSA) is 81.2 Å². The monoisotopic (exact) mass is 169 g/mol. The maximum atomic E-state index is 10.7. The standard InChI is InChI=1S/C7H11N3O2/c1-5-3-10-7(12-5)4-9-6(11)2-8/h3H,2,4,8H2,1H3,(H,9,11). The molecule has 0 spiro atoms. The summed E-state index contributed by atoms with van der Waals surface area (Å²) in [7, 11) is 0. The van der Waals surface area contributed by atoms with Gasteiger partial charge in [-0.05, 0) is 6.92 Å². The van der Waals surface area contributed by atoms with Crippen molar-refractivity contribution in [1.82, 2.24) is 10.3 Å². The third-order valence-electron chi connectivity index (χ3n) is 1.29. The van der Waals surface area contributed by atoms with Gasteiger partial charge in [0.05, 0.1) is 19.3 Å². The quantitative estimate of drug-likeness (QED) is 0.642. The van der Waals surface area contributed by atoms with Gasteiger partial charge in [0.2, 0.25) is 11.8 Å². The van der Waals surface area contributed by atoms with E-state index < -0.39 is 0 Å². The van der Waals surface area contributed by atoms with Crippen LogP contribution in [0, 0.1) is 6.92 Å². The van der Waals surface area contributed by atoms with Gasteiger partial charge in [-0.2, -0.15) is 0 Å². The molecule has 0 aliphatic rings. The molecule has 1 amide bonds. The summed E-state index contributed by atoms with van der Waals surface area (Å²) in [5, 5.41) is 2.54. The number of aryl methyl sites for hydroxylation is 1. The molecule has 0 atom stereocenters. The normalized spacial score (nSPS) is 9.83. The number of rotatable bonds is 3. The Morgan fingerprint density at radius 3 is 3.08 bits per heavy atom. The van der Waals surface area contributed by atoms with Gasteiger partial charge in [-0.3, -0.25) is 4.79 Å². The average molecular weight is 169 g/mol. The molecule has 66 valence electrons. The zero-order chi connectivity index (χ0) is 8.97. The van der Waals surface area contributed by atoms with E-state index in [1.165, 1.54) is 0 Å². The molecule has 0 radical (unpaired) electrons. The first kappa shape index (κ1) is 8.73. The van der Waals surface area contributed by atoms with Crippen LogP contribution in [-0.4, -0.2) is 17.4 Å². The predicted molar refractivity (Wildman–Crippen MR) is 42.1 cm³/mol. The van der Waals surface area contributed by atoms with Crippen molar-refractivity contribution in [1.29, 1.82) is 0 Å². The average Bonchev–Trinajstić information content (AvgIpc) is 2.47. The number of amides is 1. The van der Waals surface area contributed by atoms with Crippen molar-refractivity contribution in [2.24, 2.45) is 5.73 Å². The van der Waals surface area contributed by atoms with E-state index in [-0.39, 0.29) is 12.5 Å². The Labute approximate surface area is 70.0 Å². The second-order valence-electron chi connectivity index (χ2n) is 2.35. The number of hydrogen-bond acceptors (Lipinski definition) is 4. The largest absolute Gasteiger partial charge is 0.444 e. The van der Waals surface area contributed by atoms with Crippen LogP contribution in [0.25, 0.3) is 0 Å². The molecular formula is C7H11N3O2. The number of aromatic nitrogens is 1. The highest BCUT2D eigenvalue weighted by Crippen LogP contribution is 1.99. The van der Waals surface area contributed by atoms with E-state index in [2.05, 4.69) is 10.3 Å². The van der Waals surface area contributed by atoms with Gasteiger partial charge in [0, 0.05) is 0 Å². The van der Waals surface area contributed by atoms with Gasteiger partial charge in [-0.15, -0.1) is 0 Å². The highest BCUT2D eigenvalue weighted by atomic mass is 16.4. The Balaban J connectivity index is 2.38. The number of carbonyl (C=O) groups excluding carboxylic acids is 1. The number of nitrogens with one attached hydrogen (secondary N) is 1. The van der Waals surface area contributed by atoms with Crippen LogP contribution in [0.2, 0.25) is 0 Å². The van der Waals surface area contributed by atoms with Crippen molar-refractivity contribution in [3.05, 3.63) is 17.8 Å². The van der Waals surface area contributed by atoms with Gasteiger partial charge < -0.3 is 15.5 Å². The lowest BCUT2D eigenvalue weighted by atomic mass is 10.5. The predicted octanol–water partition coefficient (Wildman–Crippen LogP) is -0.442. The van der Waals surface area contributed by atoms with E-state index in [9.17, 15) is 4.79 Å². The van der Waals surface area contributed by atoms with Crippen molar-refractivity contribution < 1.29 is 9.21 Å². The number of nitrogens with two attached hydrogens (primary N) is 1. The Bertz CT molecular complexity index is 269. The molecule has 1 rings (SSSR count). The number of nitrogens with zero attached hydrogens (tertiary/aromatic N) is 1. The zero-order valence-electron chi connectivity index (χ0n) is 6.83. The fourth-order valence-electron chi connectivity index (χ4n) is 0.730. The van der Waals surface area contributed by atoms with Crippen molar-refractivity contribution >= 4 is 5.91 Å². The molecule has 3 N–H and O–H groups in total. The molecule has 0 bridgehead atoms. The van der Waals surface area contributed by atoms with Crippen LogP contribution in [-0.2, 0) is 11.3 Å². The third kappa shape index (κ3) is 2.35. The van der Waals surface area contributed by atoms with E-state index in [0.29, 0.717) is 12.4 Å². The molecule has 1 aromatic heterocycles. The van der Waals surface area contributed by atoms with Crippen LogP contribution in [0.5, 0.6) is 0 Å². The second-order valence-corrected chi connectivity index (χ2v) is 2.35. The second kappa shape index (κ2) is 3.87. The number of hydrogen-bond donors (Lipinski definition) is 2. The smallest absolute Gasteiger partial charge is 0.234 e. The van der Waals surface area contributed by atoms with Gasteiger partial charge in [-0.1, -0.05) is 0 Å². The molecule has 0 saturated carbocycles. The Hall–Kier alpha value is -1.36. The summed E-state index contributed by atoms with van der Waals surface area (Å²) < 4.78 is 5.11. The highest BCUT2D eigenvalue weighted by molar-refractivity contribution is 5.77. The number of carbonyl (C=O) groups is 1. The van der Waals surface area contributed by atoms with Crippen LogP contribution in [0.4, 0.5) is 0 Å². The summed E-state index contributed by atoms with van der Waals surface area (Å²) in [6.07, 6.45) is 1.60. The molecule has 1 heterocycles. The Kier molecular flexibility index (Phi) is 2.82. The Morgan fingerprint density at radius 2 is 2.58 bits per heavy atom. The molecule has 0 unspecified atom stereocenters. The van der Waals surface area contributed by atoms with Crippen LogP contribution in [0.1, 0.15) is 11.7 Å². The minimum Gasteiger partial charge on any atom is -0.444 e. The molecule has 12 heavy (non-hydrogen) atoms. The minimum absolute atomic E-state index is 0.0142. The summed E-state index contributed by atoms with van der Waals surface area (Å²) in [5.74, 6) is 1.01. The van der Waals surface area contributed by atoms with E-state index in [1.54, 1.807) is 13.1 Å². The van der Waals surface area contributed by atoms with Gasteiger partial charge in [0.15, 0.2) is 0 Å². The van der Waals surface area contributed by atoms with Gasteiger partial charge in [0.25, 0.3) is 0 Å². The molecule has 0 fully saturated rings. The maximum Gasteiger partial charge on any atom is 0.234 e. The van der Waals surface area contributed by atoms with E-state index in [1.807, 2.05) is 0 Å². The summed E-state index contributed by atoms with van der Waals surface area (Å²) in [6.45, 7) is 2.07. The summed E-state index contributed by atoms with van der Waals surface area (Å²) >= 11 is 0. The van der Waals surface area contributed by atoms with E-state index in [0.717, 1.165) is 5.76 Å². The van der Waals surface area contributed by atoms with Crippen LogP contribution < -0.4 is 11.1 Å². The van der Waals surface area contributed by atoms with E-state index >= 15 is 0 Å². The fourth-order valence-corrected chi connectivity index (χ4v) is 0.730. The van der Waals surface area contributed by atoms with Crippen molar-refractivity contribution in [3.8, 4) is 0 Å². The SMILES string of the molecule is Cc1cnc(CNC(=O)CN)o1. The lowest BCUT2D eigenvalue weighted by Crippen LogP contribution is -2.29. The minimum atomic E-state index is -0.217. The lowest BCUT2D eigenvalue weighted by Gasteiger charge is -1.97. The lowest BCUT2D eigenvalue weighted by molar-refractivity contribution is -0.120. The van der Waals surface area contributed by atoms with Gasteiger partial charge in [0.1, 0.15) is 5.76 Å². The first-order chi connectivity index (χ1) is 5.72. The molecule has 0 aliphatic heterocycles. The maximum absolute atomic E-state index is 10.7. The van der Waals surface area contributed by atoms with Crippen LogP contribution in [0.15, 0.2) is 10.6 Å². The summed E-state index contributed by atoms with van der Waals surface area (Å²) in [5.41, 5.74) is 5.08. The molecule has 1 aromatic rings. The number of oxazole rings is 1. The molecule has 0 aliphatic carbocycles. The van der Waals surface area contributed by atoms with Crippen LogP contribution in [0.3, 0.4) is 0 Å². The van der Waals surface area contributed by atoms with Crippen molar-refractivity contribution in [2.45, 2.75) is 13.5 Å². The Morgan fingerprint density at radius 1 is 1.83 bits per heavy atom. The van der Waals surface area contributed by atoms with Crippen molar-refractivity contribution in [2.75, 3.05) is 6.54 Å². The summed E-state index contributed by atoms with van der Waals surface area (Å²) in [6, 6.07) is 0. The first-order valence-electron chi connectivity index (χ1n) is 3.60. The van der Waals surface area contributed by atoms with Gasteiger partial charge in [-0.25, -0.2) is 4.98 Å². The summed E-state index contributed by atoms with van der Waals surface area (Å²) in [4.78, 5) is 14.6. The van der Waals surface area contributed by atoms with Crippen molar-refractivity contribution in [3.63, 3.8) is 0 Å². The molecular weight excluding hydrogens is 158 g/mol. The highest BCUT2D eigenvalue weighted by Gasteiger charge is 2.01. The molecule has 5 heteroatoms. The third-order valence-corrected chi connectivity index (χ3v) is 1.29. The first-order valence-corrected chi connectivity index (χ1v) is 3.60.